The van der Waals surface area contributed by atoms with Crippen LogP contribution in [-0.4, -0.2) is 36.4 Å². The van der Waals surface area contributed by atoms with Gasteiger partial charge in [-0.1, -0.05) is 18.2 Å². The molecule has 0 radical (unpaired) electrons. The Morgan fingerprint density at radius 1 is 1.11 bits per heavy atom. The summed E-state index contributed by atoms with van der Waals surface area (Å²) >= 11 is 0. The molecular formula is C26H19F4N3O4S. The van der Waals surface area contributed by atoms with Crippen molar-refractivity contribution in [1.29, 1.82) is 0 Å². The van der Waals surface area contributed by atoms with Crippen molar-refractivity contribution >= 4 is 26.5 Å². The maximum atomic E-state index is 14.6. The zero-order chi connectivity index (χ0) is 27.0. The van der Waals surface area contributed by atoms with E-state index in [0.717, 1.165) is 17.5 Å². The van der Waals surface area contributed by atoms with E-state index in [9.17, 15) is 30.8 Å². The smallest absolute Gasteiger partial charge is 0.280 e. The zero-order valence-corrected chi connectivity index (χ0v) is 20.3. The lowest BCUT2D eigenvalue weighted by atomic mass is 10.0. The number of ether oxygens (including phenoxy) is 1. The summed E-state index contributed by atoms with van der Waals surface area (Å²) in [6, 6.07) is 13.1. The molecule has 1 amide bonds. The number of fused-ring (bicyclic) bond motifs is 2. The molecule has 2 aromatic carbocycles. The van der Waals surface area contributed by atoms with Gasteiger partial charge in [-0.25, -0.2) is 31.0 Å². The fraction of sp³-hybridized carbons (Fsp3) is 0.192. The van der Waals surface area contributed by atoms with E-state index in [2.05, 4.69) is 15.3 Å². The van der Waals surface area contributed by atoms with Gasteiger partial charge >= 0.3 is 0 Å². The van der Waals surface area contributed by atoms with E-state index >= 15 is 0 Å². The summed E-state index contributed by atoms with van der Waals surface area (Å²) in [5.74, 6) is -1.78. The third kappa shape index (κ3) is 4.96. The summed E-state index contributed by atoms with van der Waals surface area (Å²) in [7, 11) is -4.53. The monoisotopic (exact) mass is 545 g/mol. The van der Waals surface area contributed by atoms with Crippen molar-refractivity contribution < 1.29 is 35.5 Å². The molecule has 3 heterocycles. The highest BCUT2D eigenvalue weighted by molar-refractivity contribution is 7.92. The van der Waals surface area contributed by atoms with Crippen LogP contribution in [-0.2, 0) is 27.7 Å². The Hall–Kier alpha value is -3.90. The lowest BCUT2D eigenvalue weighted by Crippen LogP contribution is -2.25. The van der Waals surface area contributed by atoms with Crippen molar-refractivity contribution in [3.05, 3.63) is 89.1 Å². The van der Waals surface area contributed by atoms with Crippen molar-refractivity contribution in [2.75, 3.05) is 6.61 Å². The largest absolute Gasteiger partial charge is 0.372 e. The number of nitrogens with one attached hydrogen (secondary N) is 1. The van der Waals surface area contributed by atoms with Gasteiger partial charge in [-0.2, -0.15) is 0 Å². The number of sulfone groups is 1. The molecular weight excluding hydrogens is 526 g/mol. The van der Waals surface area contributed by atoms with E-state index in [0.29, 0.717) is 22.3 Å². The highest BCUT2D eigenvalue weighted by atomic mass is 32.2. The van der Waals surface area contributed by atoms with Gasteiger partial charge in [0.15, 0.2) is 0 Å². The van der Waals surface area contributed by atoms with Gasteiger partial charge in [0.05, 0.1) is 36.0 Å². The molecule has 0 saturated heterocycles. The Morgan fingerprint density at radius 3 is 2.71 bits per heavy atom. The predicted octanol–water partition coefficient (Wildman–Crippen LogP) is 4.90. The SMILES string of the molecule is O=C(NCc1cc2cc(-c3cccc(C(F)F)n3)ccc2cn1)c1cc(F)c2c(c1)S(=O)(=O)[C@@H](F)COC2. The number of rotatable bonds is 5. The fourth-order valence-corrected chi connectivity index (χ4v) is 5.41. The third-order valence-electron chi connectivity index (χ3n) is 6.05. The van der Waals surface area contributed by atoms with E-state index in [1.807, 2.05) is 0 Å². The van der Waals surface area contributed by atoms with E-state index in [1.165, 1.54) is 12.1 Å². The number of amides is 1. The molecule has 12 heteroatoms. The summed E-state index contributed by atoms with van der Waals surface area (Å²) in [4.78, 5) is 20.4. The quantitative estimate of drug-likeness (QED) is 0.358. The first kappa shape index (κ1) is 25.7. The van der Waals surface area contributed by atoms with Crippen LogP contribution < -0.4 is 5.32 Å². The van der Waals surface area contributed by atoms with Crippen LogP contribution in [0.5, 0.6) is 0 Å². The van der Waals surface area contributed by atoms with Gasteiger partial charge < -0.3 is 10.1 Å². The lowest BCUT2D eigenvalue weighted by Gasteiger charge is -2.12. The number of hydrogen-bond donors (Lipinski definition) is 1. The highest BCUT2D eigenvalue weighted by Crippen LogP contribution is 2.30. The number of nitrogens with zero attached hydrogens (tertiary/aromatic N) is 2. The molecule has 1 aliphatic rings. The van der Waals surface area contributed by atoms with Crippen LogP contribution in [0.1, 0.15) is 33.7 Å². The molecule has 38 heavy (non-hydrogen) atoms. The average molecular weight is 546 g/mol. The Morgan fingerprint density at radius 2 is 1.92 bits per heavy atom. The number of carbonyl (C=O) groups excluding carboxylic acids is 1. The normalized spacial score (nSPS) is 16.7. The Kier molecular flexibility index (Phi) is 6.84. The minimum Gasteiger partial charge on any atom is -0.372 e. The van der Waals surface area contributed by atoms with E-state index in [4.69, 9.17) is 4.74 Å². The predicted molar refractivity (Wildman–Crippen MR) is 129 cm³/mol. The van der Waals surface area contributed by atoms with Crippen LogP contribution in [0.4, 0.5) is 17.6 Å². The summed E-state index contributed by atoms with van der Waals surface area (Å²) in [6.45, 7) is -1.26. The summed E-state index contributed by atoms with van der Waals surface area (Å²) in [5, 5.41) is 4.02. The number of alkyl halides is 3. The second kappa shape index (κ2) is 10.1. The third-order valence-corrected chi connectivity index (χ3v) is 7.84. The first-order valence-electron chi connectivity index (χ1n) is 11.3. The van der Waals surface area contributed by atoms with Crippen molar-refractivity contribution in [1.82, 2.24) is 15.3 Å². The van der Waals surface area contributed by atoms with Crippen LogP contribution in [0.3, 0.4) is 0 Å². The zero-order valence-electron chi connectivity index (χ0n) is 19.5. The molecule has 1 N–H and O–H groups in total. The molecule has 196 valence electrons. The maximum absolute atomic E-state index is 14.6. The molecule has 5 rings (SSSR count). The van der Waals surface area contributed by atoms with Gasteiger partial charge in [-0.05, 0) is 41.8 Å². The van der Waals surface area contributed by atoms with Gasteiger partial charge in [-0.3, -0.25) is 9.78 Å². The minimum absolute atomic E-state index is 0.0849. The van der Waals surface area contributed by atoms with Crippen LogP contribution in [0, 0.1) is 5.82 Å². The van der Waals surface area contributed by atoms with Crippen LogP contribution in [0.25, 0.3) is 22.0 Å². The molecule has 0 spiro atoms. The number of carbonyl (C=O) groups is 1. The summed E-state index contributed by atoms with van der Waals surface area (Å²) in [5.41, 5.74) is -1.93. The molecule has 0 saturated carbocycles. The Labute approximate surface area is 214 Å². The molecule has 0 fully saturated rings. The van der Waals surface area contributed by atoms with E-state index < -0.39 is 51.6 Å². The second-order valence-corrected chi connectivity index (χ2v) is 10.6. The summed E-state index contributed by atoms with van der Waals surface area (Å²) in [6.07, 6.45) is -1.13. The molecule has 1 atom stereocenters. The van der Waals surface area contributed by atoms with Gasteiger partial charge in [0, 0.05) is 28.3 Å². The Balaban J connectivity index is 1.38. The molecule has 0 unspecified atom stereocenters. The number of pyridine rings is 2. The van der Waals surface area contributed by atoms with Crippen LogP contribution in [0.15, 0.2) is 65.7 Å². The van der Waals surface area contributed by atoms with Crippen LogP contribution in [0.2, 0.25) is 0 Å². The average Bonchev–Trinajstić information content (AvgIpc) is 3.02. The van der Waals surface area contributed by atoms with Gasteiger partial charge in [0.2, 0.25) is 15.3 Å². The summed E-state index contributed by atoms with van der Waals surface area (Å²) < 4.78 is 84.5. The number of hydrogen-bond acceptors (Lipinski definition) is 6. The van der Waals surface area contributed by atoms with E-state index in [-0.39, 0.29) is 23.4 Å². The molecule has 0 bridgehead atoms. The van der Waals surface area contributed by atoms with E-state index in [1.54, 1.807) is 36.5 Å². The molecule has 2 aromatic heterocycles. The Bertz CT molecular complexity index is 1660. The van der Waals surface area contributed by atoms with Crippen LogP contribution >= 0.6 is 0 Å². The first-order chi connectivity index (χ1) is 18.1. The van der Waals surface area contributed by atoms with Crippen molar-refractivity contribution in [3.63, 3.8) is 0 Å². The van der Waals surface area contributed by atoms with Gasteiger partial charge in [0.25, 0.3) is 12.3 Å². The number of benzene rings is 2. The molecule has 0 aliphatic carbocycles. The van der Waals surface area contributed by atoms with Crippen molar-refractivity contribution in [2.24, 2.45) is 0 Å². The van der Waals surface area contributed by atoms with Gasteiger partial charge in [0.1, 0.15) is 11.5 Å². The molecule has 4 aromatic rings. The lowest BCUT2D eigenvalue weighted by molar-refractivity contribution is 0.0938. The minimum atomic E-state index is -4.53. The van der Waals surface area contributed by atoms with Gasteiger partial charge in [-0.15, -0.1) is 0 Å². The highest BCUT2D eigenvalue weighted by Gasteiger charge is 2.35. The first-order valence-corrected chi connectivity index (χ1v) is 12.9. The second-order valence-electron chi connectivity index (χ2n) is 8.57. The van der Waals surface area contributed by atoms with Crippen molar-refractivity contribution in [2.45, 2.75) is 30.0 Å². The standard InChI is InChI=1S/C26H19F4N3O4S/c27-20-8-17(9-23-19(20)12-37-13-24(28)38(23,35)36)26(34)32-11-18-7-16-6-14(4-5-15(16)10-31-18)21-2-1-3-22(33-21)25(29)30/h1-10,24-25H,11-13H2,(H,32,34)/t24-/m1/s1. The number of aromatic nitrogens is 2. The fourth-order valence-electron chi connectivity index (χ4n) is 4.07. The topological polar surface area (TPSA) is 98.3 Å². The van der Waals surface area contributed by atoms with Crippen molar-refractivity contribution in [3.8, 4) is 11.3 Å². The maximum Gasteiger partial charge on any atom is 0.280 e. The number of halogens is 4. The molecule has 7 nitrogen and oxygen atoms in total. The molecule has 1 aliphatic heterocycles.